The molecule has 112 valence electrons. The van der Waals surface area contributed by atoms with Crippen LogP contribution in [0.25, 0.3) is 10.9 Å². The molecule has 1 saturated carbocycles. The minimum atomic E-state index is 0.0108. The number of hydrogen-bond acceptors (Lipinski definition) is 3. The van der Waals surface area contributed by atoms with Gasteiger partial charge in [0.15, 0.2) is 0 Å². The van der Waals surface area contributed by atoms with Gasteiger partial charge in [0.1, 0.15) is 6.10 Å². The molecule has 2 aromatic rings. The summed E-state index contributed by atoms with van der Waals surface area (Å²) in [6.07, 6.45) is 3.71. The maximum Gasteiger partial charge on any atom is 0.214 e. The van der Waals surface area contributed by atoms with Gasteiger partial charge in [0.2, 0.25) is 5.88 Å². The quantitative estimate of drug-likeness (QED) is 0.929. The molecule has 2 atom stereocenters. The highest BCUT2D eigenvalue weighted by atomic mass is 16.5. The van der Waals surface area contributed by atoms with Crippen molar-refractivity contribution in [1.29, 1.82) is 0 Å². The largest absolute Gasteiger partial charge is 0.474 e. The molecule has 0 spiro atoms. The van der Waals surface area contributed by atoms with Crippen LogP contribution in [0.5, 0.6) is 5.88 Å². The zero-order valence-corrected chi connectivity index (χ0v) is 12.7. The van der Waals surface area contributed by atoms with Crippen molar-refractivity contribution >= 4 is 10.9 Å². The first kappa shape index (κ1) is 14.3. The summed E-state index contributed by atoms with van der Waals surface area (Å²) in [5.74, 6) is 2.05. The van der Waals surface area contributed by atoms with Crippen LogP contribution in [0.2, 0.25) is 0 Å². The van der Waals surface area contributed by atoms with Crippen LogP contribution in [-0.4, -0.2) is 16.2 Å². The van der Waals surface area contributed by atoms with Crippen molar-refractivity contribution in [3.8, 4) is 5.88 Å². The molecule has 0 radical (unpaired) electrons. The summed E-state index contributed by atoms with van der Waals surface area (Å²) in [5.41, 5.74) is 1.77. The first-order valence-electron chi connectivity index (χ1n) is 7.82. The molecule has 0 aliphatic heterocycles. The van der Waals surface area contributed by atoms with Crippen molar-refractivity contribution < 1.29 is 9.84 Å². The fraction of sp³-hybridized carbons (Fsp3) is 0.500. The van der Waals surface area contributed by atoms with E-state index in [4.69, 9.17) is 4.74 Å². The molecule has 1 aromatic heterocycles. The third kappa shape index (κ3) is 3.18. The first-order chi connectivity index (χ1) is 10.2. The van der Waals surface area contributed by atoms with Crippen LogP contribution in [0.4, 0.5) is 0 Å². The normalized spacial score (nSPS) is 26.0. The Morgan fingerprint density at radius 1 is 1.14 bits per heavy atom. The molecule has 1 heterocycles. The third-order valence-corrected chi connectivity index (χ3v) is 4.37. The molecule has 1 aromatic carbocycles. The summed E-state index contributed by atoms with van der Waals surface area (Å²) in [4.78, 5) is 4.59. The van der Waals surface area contributed by atoms with Crippen molar-refractivity contribution in [2.75, 3.05) is 0 Å². The maximum absolute atomic E-state index is 9.57. The molecular weight excluding hydrogens is 262 g/mol. The SMILES string of the molecule is CC1CC(C)CC(Oc2cc(CO)c3ccccc3n2)C1. The van der Waals surface area contributed by atoms with Gasteiger partial charge in [0.25, 0.3) is 0 Å². The molecule has 0 saturated heterocycles. The van der Waals surface area contributed by atoms with Gasteiger partial charge in [0, 0.05) is 11.5 Å². The molecule has 0 bridgehead atoms. The van der Waals surface area contributed by atoms with Crippen molar-refractivity contribution in [3.63, 3.8) is 0 Å². The highest BCUT2D eigenvalue weighted by Gasteiger charge is 2.25. The zero-order chi connectivity index (χ0) is 14.8. The van der Waals surface area contributed by atoms with Crippen molar-refractivity contribution in [1.82, 2.24) is 4.98 Å². The number of aliphatic hydroxyl groups is 1. The van der Waals surface area contributed by atoms with E-state index < -0.39 is 0 Å². The van der Waals surface area contributed by atoms with E-state index in [1.807, 2.05) is 30.3 Å². The molecule has 2 unspecified atom stereocenters. The number of benzene rings is 1. The van der Waals surface area contributed by atoms with Crippen molar-refractivity contribution in [2.45, 2.75) is 45.8 Å². The lowest BCUT2D eigenvalue weighted by Crippen LogP contribution is -2.28. The number of fused-ring (bicyclic) bond motifs is 1. The van der Waals surface area contributed by atoms with E-state index in [-0.39, 0.29) is 12.7 Å². The number of ether oxygens (including phenoxy) is 1. The predicted octanol–water partition coefficient (Wildman–Crippen LogP) is 3.93. The molecule has 1 aliphatic rings. The van der Waals surface area contributed by atoms with Gasteiger partial charge in [-0.25, -0.2) is 4.98 Å². The number of rotatable bonds is 3. The Morgan fingerprint density at radius 2 is 1.86 bits per heavy atom. The van der Waals surface area contributed by atoms with Gasteiger partial charge >= 0.3 is 0 Å². The summed E-state index contributed by atoms with van der Waals surface area (Å²) in [6.45, 7) is 4.59. The second-order valence-electron chi connectivity index (χ2n) is 6.45. The minimum Gasteiger partial charge on any atom is -0.474 e. The highest BCUT2D eigenvalue weighted by molar-refractivity contribution is 5.82. The van der Waals surface area contributed by atoms with E-state index in [9.17, 15) is 5.11 Å². The Morgan fingerprint density at radius 3 is 2.57 bits per heavy atom. The van der Waals surface area contributed by atoms with E-state index in [0.29, 0.717) is 17.7 Å². The summed E-state index contributed by atoms with van der Waals surface area (Å²) in [5, 5.41) is 10.6. The van der Waals surface area contributed by atoms with E-state index in [1.165, 1.54) is 6.42 Å². The second-order valence-corrected chi connectivity index (χ2v) is 6.45. The summed E-state index contributed by atoms with van der Waals surface area (Å²) < 4.78 is 6.12. The van der Waals surface area contributed by atoms with Gasteiger partial charge in [-0.05, 0) is 42.7 Å². The van der Waals surface area contributed by atoms with E-state index in [1.54, 1.807) is 0 Å². The number of hydrogen-bond donors (Lipinski definition) is 1. The van der Waals surface area contributed by atoms with Crippen LogP contribution >= 0.6 is 0 Å². The van der Waals surface area contributed by atoms with Gasteiger partial charge in [-0.3, -0.25) is 0 Å². The van der Waals surface area contributed by atoms with Crippen LogP contribution in [-0.2, 0) is 6.61 Å². The number of para-hydroxylation sites is 1. The highest BCUT2D eigenvalue weighted by Crippen LogP contribution is 2.32. The predicted molar refractivity (Wildman–Crippen MR) is 84.3 cm³/mol. The van der Waals surface area contributed by atoms with Crippen LogP contribution in [0.15, 0.2) is 30.3 Å². The van der Waals surface area contributed by atoms with E-state index in [0.717, 1.165) is 29.3 Å². The zero-order valence-electron chi connectivity index (χ0n) is 12.7. The number of pyridine rings is 1. The van der Waals surface area contributed by atoms with Crippen LogP contribution < -0.4 is 4.74 Å². The van der Waals surface area contributed by atoms with Gasteiger partial charge in [-0.1, -0.05) is 32.0 Å². The van der Waals surface area contributed by atoms with E-state index >= 15 is 0 Å². The lowest BCUT2D eigenvalue weighted by Gasteiger charge is -2.31. The Bertz CT molecular complexity index is 616. The Kier molecular flexibility index (Phi) is 4.11. The van der Waals surface area contributed by atoms with Gasteiger partial charge in [-0.15, -0.1) is 0 Å². The third-order valence-electron chi connectivity index (χ3n) is 4.37. The van der Waals surface area contributed by atoms with E-state index in [2.05, 4.69) is 18.8 Å². The van der Waals surface area contributed by atoms with Crippen LogP contribution in [0.3, 0.4) is 0 Å². The number of nitrogens with zero attached hydrogens (tertiary/aromatic N) is 1. The molecule has 1 aliphatic carbocycles. The fourth-order valence-electron chi connectivity index (χ4n) is 3.55. The first-order valence-corrected chi connectivity index (χ1v) is 7.82. The lowest BCUT2D eigenvalue weighted by molar-refractivity contribution is 0.0968. The molecule has 1 fully saturated rings. The second kappa shape index (κ2) is 6.02. The standard InChI is InChI=1S/C18H23NO2/c1-12-7-13(2)9-15(8-12)21-18-10-14(11-20)16-5-3-4-6-17(16)19-18/h3-6,10,12-13,15,20H,7-9,11H2,1-2H3. The summed E-state index contributed by atoms with van der Waals surface area (Å²) >= 11 is 0. The summed E-state index contributed by atoms with van der Waals surface area (Å²) in [7, 11) is 0. The topological polar surface area (TPSA) is 42.4 Å². The number of aromatic nitrogens is 1. The Labute approximate surface area is 126 Å². The molecule has 3 nitrogen and oxygen atoms in total. The number of aliphatic hydroxyl groups excluding tert-OH is 1. The molecule has 1 N–H and O–H groups in total. The average Bonchev–Trinajstić information content (AvgIpc) is 2.45. The van der Waals surface area contributed by atoms with Gasteiger partial charge in [0.05, 0.1) is 12.1 Å². The maximum atomic E-state index is 9.57. The molecule has 3 rings (SSSR count). The minimum absolute atomic E-state index is 0.0108. The van der Waals surface area contributed by atoms with Crippen molar-refractivity contribution in [2.24, 2.45) is 11.8 Å². The lowest BCUT2D eigenvalue weighted by atomic mass is 9.82. The smallest absolute Gasteiger partial charge is 0.214 e. The van der Waals surface area contributed by atoms with Crippen LogP contribution in [0.1, 0.15) is 38.7 Å². The monoisotopic (exact) mass is 285 g/mol. The van der Waals surface area contributed by atoms with Gasteiger partial charge < -0.3 is 9.84 Å². The average molecular weight is 285 g/mol. The van der Waals surface area contributed by atoms with Crippen molar-refractivity contribution in [3.05, 3.63) is 35.9 Å². The Hall–Kier alpha value is -1.61. The molecule has 0 amide bonds. The molecule has 3 heteroatoms. The van der Waals surface area contributed by atoms with Crippen LogP contribution in [0, 0.1) is 11.8 Å². The molecular formula is C18H23NO2. The Balaban J connectivity index is 1.87. The summed E-state index contributed by atoms with van der Waals surface area (Å²) in [6, 6.07) is 9.77. The van der Waals surface area contributed by atoms with Gasteiger partial charge in [-0.2, -0.15) is 0 Å². The fourth-order valence-corrected chi connectivity index (χ4v) is 3.55. The molecule has 21 heavy (non-hydrogen) atoms.